The van der Waals surface area contributed by atoms with Gasteiger partial charge < -0.3 is 5.73 Å². The predicted molar refractivity (Wildman–Crippen MR) is 71.9 cm³/mol. The summed E-state index contributed by atoms with van der Waals surface area (Å²) in [7, 11) is 0. The number of thiocarbonyl (C=S) groups is 1. The highest BCUT2D eigenvalue weighted by Gasteiger charge is 2.07. The van der Waals surface area contributed by atoms with Gasteiger partial charge in [-0.15, -0.1) is 0 Å². The Kier molecular flexibility index (Phi) is 3.07. The van der Waals surface area contributed by atoms with Crippen LogP contribution in [0, 0.1) is 6.92 Å². The number of hydrogen-bond donors (Lipinski definition) is 1. The van der Waals surface area contributed by atoms with Crippen LogP contribution in [-0.2, 0) is 0 Å². The Morgan fingerprint density at radius 1 is 1.44 bits per heavy atom. The van der Waals surface area contributed by atoms with Gasteiger partial charge in [0.15, 0.2) is 0 Å². The highest BCUT2D eigenvalue weighted by atomic mass is 79.9. The molecule has 82 valence electrons. The summed E-state index contributed by atoms with van der Waals surface area (Å²) in [5.41, 5.74) is 7.36. The van der Waals surface area contributed by atoms with Crippen molar-refractivity contribution in [2.45, 2.75) is 6.92 Å². The molecule has 2 aromatic rings. The number of nitrogens with two attached hydrogens (primary N) is 1. The summed E-state index contributed by atoms with van der Waals surface area (Å²) in [6.07, 6.45) is 1.89. The second-order valence-corrected chi connectivity index (χ2v) is 4.66. The van der Waals surface area contributed by atoms with Gasteiger partial charge in [0.2, 0.25) is 0 Å². The summed E-state index contributed by atoms with van der Waals surface area (Å²) in [6, 6.07) is 7.65. The number of pyridine rings is 1. The average molecular weight is 296 g/mol. The molecule has 0 spiro atoms. The maximum absolute atomic E-state index is 5.64. The lowest BCUT2D eigenvalue weighted by Gasteiger charge is -2.08. The molecule has 0 unspecified atom stereocenters. The van der Waals surface area contributed by atoms with Crippen molar-refractivity contribution in [1.82, 2.24) is 9.55 Å². The van der Waals surface area contributed by atoms with E-state index in [4.69, 9.17) is 18.0 Å². The third-order valence-corrected chi connectivity index (χ3v) is 3.30. The molecule has 0 saturated carbocycles. The summed E-state index contributed by atoms with van der Waals surface area (Å²) in [5, 5.41) is 0. The van der Waals surface area contributed by atoms with Gasteiger partial charge in [-0.3, -0.25) is 4.57 Å². The van der Waals surface area contributed by atoms with Gasteiger partial charge in [-0.2, -0.15) is 0 Å². The standard InChI is InChI=1S/C11H10BrN3S/c1-7-8(12)4-5-10(14-7)15-6-2-3-9(15)11(13)16/h2-6H,1H3,(H2,13,16). The molecule has 2 N–H and O–H groups in total. The lowest BCUT2D eigenvalue weighted by molar-refractivity contribution is 0.974. The minimum atomic E-state index is 0.368. The molecule has 0 aromatic carbocycles. The Morgan fingerprint density at radius 2 is 2.19 bits per heavy atom. The van der Waals surface area contributed by atoms with Crippen molar-refractivity contribution in [3.05, 3.63) is 46.3 Å². The highest BCUT2D eigenvalue weighted by Crippen LogP contribution is 2.17. The molecule has 0 bridgehead atoms. The summed E-state index contributed by atoms with van der Waals surface area (Å²) in [4.78, 5) is 4.83. The van der Waals surface area contributed by atoms with Crippen LogP contribution >= 0.6 is 28.1 Å². The second kappa shape index (κ2) is 4.35. The van der Waals surface area contributed by atoms with E-state index in [1.165, 1.54) is 0 Å². The number of hydrogen-bond acceptors (Lipinski definition) is 2. The third kappa shape index (κ3) is 2.01. The van der Waals surface area contributed by atoms with Crippen molar-refractivity contribution in [2.24, 2.45) is 5.73 Å². The smallest absolute Gasteiger partial charge is 0.137 e. The molecular formula is C11H10BrN3S. The molecule has 2 aromatic heterocycles. The molecule has 0 radical (unpaired) electrons. The molecule has 0 aliphatic carbocycles. The maximum atomic E-state index is 5.64. The molecule has 0 saturated heterocycles. The van der Waals surface area contributed by atoms with Gasteiger partial charge in [0.05, 0.1) is 11.4 Å². The fraction of sp³-hybridized carbons (Fsp3) is 0.0909. The Hall–Kier alpha value is -1.20. The first-order chi connectivity index (χ1) is 7.59. The molecule has 5 heteroatoms. The van der Waals surface area contributed by atoms with Crippen molar-refractivity contribution in [2.75, 3.05) is 0 Å². The largest absolute Gasteiger partial charge is 0.388 e. The van der Waals surface area contributed by atoms with Crippen LogP contribution in [0.3, 0.4) is 0 Å². The van der Waals surface area contributed by atoms with Crippen molar-refractivity contribution < 1.29 is 0 Å². The Balaban J connectivity index is 2.54. The molecule has 2 rings (SSSR count). The highest BCUT2D eigenvalue weighted by molar-refractivity contribution is 9.10. The first-order valence-electron chi connectivity index (χ1n) is 4.70. The molecule has 3 nitrogen and oxygen atoms in total. The van der Waals surface area contributed by atoms with Crippen LogP contribution in [0.5, 0.6) is 0 Å². The Bertz CT molecular complexity index is 548. The van der Waals surface area contributed by atoms with Crippen LogP contribution in [0.2, 0.25) is 0 Å². The fourth-order valence-corrected chi connectivity index (χ4v) is 1.83. The van der Waals surface area contributed by atoms with Crippen LogP contribution in [0.1, 0.15) is 11.4 Å². The van der Waals surface area contributed by atoms with E-state index in [-0.39, 0.29) is 0 Å². The fourth-order valence-electron chi connectivity index (χ4n) is 1.45. The minimum Gasteiger partial charge on any atom is -0.388 e. The first-order valence-corrected chi connectivity index (χ1v) is 5.90. The topological polar surface area (TPSA) is 43.8 Å². The van der Waals surface area contributed by atoms with E-state index < -0.39 is 0 Å². The monoisotopic (exact) mass is 295 g/mol. The normalized spacial score (nSPS) is 10.4. The van der Waals surface area contributed by atoms with Gasteiger partial charge in [-0.05, 0) is 47.1 Å². The molecule has 0 aliphatic rings. The SMILES string of the molecule is Cc1nc(-n2cccc2C(N)=S)ccc1Br. The summed E-state index contributed by atoms with van der Waals surface area (Å²) >= 11 is 8.40. The number of nitrogens with zero attached hydrogens (tertiary/aromatic N) is 2. The molecule has 0 fully saturated rings. The van der Waals surface area contributed by atoms with Gasteiger partial charge in [0, 0.05) is 10.7 Å². The summed E-state index contributed by atoms with van der Waals surface area (Å²) in [6.45, 7) is 1.94. The second-order valence-electron chi connectivity index (χ2n) is 3.36. The van der Waals surface area contributed by atoms with E-state index in [9.17, 15) is 0 Å². The van der Waals surface area contributed by atoms with E-state index in [1.54, 1.807) is 0 Å². The zero-order chi connectivity index (χ0) is 11.7. The number of halogens is 1. The van der Waals surface area contributed by atoms with Crippen molar-refractivity contribution in [1.29, 1.82) is 0 Å². The minimum absolute atomic E-state index is 0.368. The zero-order valence-electron chi connectivity index (χ0n) is 8.64. The average Bonchev–Trinajstić information content (AvgIpc) is 2.71. The maximum Gasteiger partial charge on any atom is 0.137 e. The van der Waals surface area contributed by atoms with Crippen LogP contribution in [0.25, 0.3) is 5.82 Å². The summed E-state index contributed by atoms with van der Waals surface area (Å²) < 4.78 is 2.86. The van der Waals surface area contributed by atoms with Crippen LogP contribution in [-0.4, -0.2) is 14.5 Å². The Labute approximate surface area is 107 Å². The van der Waals surface area contributed by atoms with Crippen LogP contribution in [0.4, 0.5) is 0 Å². The summed E-state index contributed by atoms with van der Waals surface area (Å²) in [5.74, 6) is 0.813. The van der Waals surface area contributed by atoms with E-state index in [2.05, 4.69) is 20.9 Å². The predicted octanol–water partition coefficient (Wildman–Crippen LogP) is 2.58. The van der Waals surface area contributed by atoms with E-state index in [1.807, 2.05) is 42.0 Å². The quantitative estimate of drug-likeness (QED) is 0.866. The third-order valence-electron chi connectivity index (χ3n) is 2.25. The number of rotatable bonds is 2. The molecule has 0 amide bonds. The van der Waals surface area contributed by atoms with Gasteiger partial charge in [-0.1, -0.05) is 12.2 Å². The first kappa shape index (κ1) is 11.3. The van der Waals surface area contributed by atoms with Crippen molar-refractivity contribution >= 4 is 33.1 Å². The molecule has 0 atom stereocenters. The van der Waals surface area contributed by atoms with E-state index in [0.717, 1.165) is 21.7 Å². The molecule has 2 heterocycles. The van der Waals surface area contributed by atoms with Gasteiger partial charge in [-0.25, -0.2) is 4.98 Å². The Morgan fingerprint density at radius 3 is 2.81 bits per heavy atom. The van der Waals surface area contributed by atoms with Crippen molar-refractivity contribution in [3.8, 4) is 5.82 Å². The molecule has 16 heavy (non-hydrogen) atoms. The van der Waals surface area contributed by atoms with E-state index in [0.29, 0.717) is 4.99 Å². The van der Waals surface area contributed by atoms with Gasteiger partial charge in [0.25, 0.3) is 0 Å². The van der Waals surface area contributed by atoms with E-state index >= 15 is 0 Å². The number of aromatic nitrogens is 2. The number of aryl methyl sites for hydroxylation is 1. The molecular weight excluding hydrogens is 286 g/mol. The molecule has 0 aliphatic heterocycles. The zero-order valence-corrected chi connectivity index (χ0v) is 11.0. The lowest BCUT2D eigenvalue weighted by atomic mass is 10.3. The lowest BCUT2D eigenvalue weighted by Crippen LogP contribution is -2.15. The van der Waals surface area contributed by atoms with Crippen LogP contribution < -0.4 is 5.73 Å². The van der Waals surface area contributed by atoms with Crippen LogP contribution in [0.15, 0.2) is 34.9 Å². The van der Waals surface area contributed by atoms with Crippen molar-refractivity contribution in [3.63, 3.8) is 0 Å². The van der Waals surface area contributed by atoms with Gasteiger partial charge in [0.1, 0.15) is 10.8 Å². The van der Waals surface area contributed by atoms with Gasteiger partial charge >= 0.3 is 0 Å².